The van der Waals surface area contributed by atoms with Crippen molar-refractivity contribution in [1.29, 1.82) is 0 Å². The number of carbonyl (C=O) groups is 3. The summed E-state index contributed by atoms with van der Waals surface area (Å²) in [6.45, 7) is 5.26. The highest BCUT2D eigenvalue weighted by molar-refractivity contribution is 6.30. The van der Waals surface area contributed by atoms with Gasteiger partial charge in [0, 0.05) is 11.4 Å². The zero-order valence-electron chi connectivity index (χ0n) is 18.3. The molecule has 0 radical (unpaired) electrons. The molecule has 0 bridgehead atoms. The van der Waals surface area contributed by atoms with Crippen molar-refractivity contribution in [2.24, 2.45) is 0 Å². The Morgan fingerprint density at radius 2 is 1.62 bits per heavy atom. The molecule has 2 aromatic rings. The van der Waals surface area contributed by atoms with Crippen LogP contribution in [0.25, 0.3) is 0 Å². The number of ether oxygens (including phenoxy) is 1. The van der Waals surface area contributed by atoms with Crippen LogP contribution in [-0.4, -0.2) is 34.8 Å². The predicted molar refractivity (Wildman–Crippen MR) is 121 cm³/mol. The summed E-state index contributed by atoms with van der Waals surface area (Å²) in [6, 6.07) is 13.5. The summed E-state index contributed by atoms with van der Waals surface area (Å²) < 4.78 is 5.34. The van der Waals surface area contributed by atoms with Gasteiger partial charge in [-0.3, -0.25) is 4.79 Å². The Labute approximate surface area is 192 Å². The average molecular weight is 459 g/mol. The molecule has 0 saturated heterocycles. The van der Waals surface area contributed by atoms with Crippen LogP contribution in [0.5, 0.6) is 0 Å². The number of carbonyl (C=O) groups excluding carboxylic acids is 2. The second-order valence-electron chi connectivity index (χ2n) is 8.97. The molecule has 3 N–H and O–H groups in total. The van der Waals surface area contributed by atoms with Gasteiger partial charge >= 0.3 is 12.1 Å². The van der Waals surface area contributed by atoms with Crippen LogP contribution in [0.3, 0.4) is 0 Å². The first-order valence-electron chi connectivity index (χ1n) is 10.4. The Hall–Kier alpha value is -3.06. The highest BCUT2D eigenvalue weighted by Gasteiger charge is 2.51. The molecule has 0 aromatic heterocycles. The first-order chi connectivity index (χ1) is 15.0. The molecule has 1 saturated carbocycles. The van der Waals surface area contributed by atoms with E-state index < -0.39 is 29.2 Å². The van der Waals surface area contributed by atoms with Crippen molar-refractivity contribution in [1.82, 2.24) is 10.6 Å². The molecule has 0 aliphatic heterocycles. The van der Waals surface area contributed by atoms with E-state index in [0.29, 0.717) is 17.9 Å². The van der Waals surface area contributed by atoms with E-state index in [4.69, 9.17) is 21.4 Å². The van der Waals surface area contributed by atoms with Crippen LogP contribution < -0.4 is 10.6 Å². The molecule has 0 spiro atoms. The fourth-order valence-electron chi connectivity index (χ4n) is 3.44. The van der Waals surface area contributed by atoms with Gasteiger partial charge in [-0.15, -0.1) is 0 Å². The van der Waals surface area contributed by atoms with E-state index in [1.807, 2.05) is 12.1 Å². The van der Waals surface area contributed by atoms with E-state index in [2.05, 4.69) is 10.6 Å². The van der Waals surface area contributed by atoms with E-state index in [9.17, 15) is 14.4 Å². The number of carboxylic acids is 1. The molecule has 1 aliphatic rings. The summed E-state index contributed by atoms with van der Waals surface area (Å²) in [4.78, 5) is 36.7. The van der Waals surface area contributed by atoms with Crippen molar-refractivity contribution in [2.75, 3.05) is 0 Å². The zero-order chi connectivity index (χ0) is 23.5. The first-order valence-corrected chi connectivity index (χ1v) is 10.8. The summed E-state index contributed by atoms with van der Waals surface area (Å²) in [5, 5.41) is 15.3. The molecule has 170 valence electrons. The van der Waals surface area contributed by atoms with Crippen LogP contribution in [0.15, 0.2) is 48.5 Å². The van der Waals surface area contributed by atoms with E-state index in [1.165, 1.54) is 12.1 Å². The summed E-state index contributed by atoms with van der Waals surface area (Å²) in [7, 11) is 0. The highest BCUT2D eigenvalue weighted by atomic mass is 35.5. The first kappa shape index (κ1) is 23.6. The molecule has 2 aromatic carbocycles. The fraction of sp³-hybridized carbons (Fsp3) is 0.375. The topological polar surface area (TPSA) is 105 Å². The average Bonchev–Trinajstić information content (AvgIpc) is 3.49. The quantitative estimate of drug-likeness (QED) is 0.537. The number of carboxylic acid groups (broad SMARTS) is 1. The van der Waals surface area contributed by atoms with Crippen LogP contribution >= 0.6 is 11.6 Å². The van der Waals surface area contributed by atoms with Crippen LogP contribution in [-0.2, 0) is 21.4 Å². The standard InChI is InChI=1S/C24H27ClN2O5/c1-23(2,3)32-22(31)27-19(14-15-4-6-16(7-5-15)20(28)29)26-21(30)24(12-13-24)17-8-10-18(25)11-9-17/h4-11,19H,12-14H2,1-3H3,(H,26,30)(H,27,31)(H,28,29). The number of halogens is 1. The number of amides is 2. The molecular formula is C24H27ClN2O5. The lowest BCUT2D eigenvalue weighted by atomic mass is 9.94. The van der Waals surface area contributed by atoms with Crippen LogP contribution in [0.2, 0.25) is 5.02 Å². The molecule has 1 atom stereocenters. The minimum absolute atomic E-state index is 0.161. The largest absolute Gasteiger partial charge is 0.478 e. The molecule has 3 rings (SSSR count). The van der Waals surface area contributed by atoms with Crippen molar-refractivity contribution in [3.8, 4) is 0 Å². The lowest BCUT2D eigenvalue weighted by molar-refractivity contribution is -0.124. The van der Waals surface area contributed by atoms with Gasteiger partial charge in [0.05, 0.1) is 11.0 Å². The molecule has 32 heavy (non-hydrogen) atoms. The SMILES string of the molecule is CC(C)(C)OC(=O)NC(Cc1ccc(C(=O)O)cc1)NC(=O)C1(c2ccc(Cl)cc2)CC1. The third-order valence-electron chi connectivity index (χ3n) is 5.22. The number of hydrogen-bond acceptors (Lipinski definition) is 4. The van der Waals surface area contributed by atoms with Gasteiger partial charge in [-0.05, 0) is 69.0 Å². The van der Waals surface area contributed by atoms with E-state index in [-0.39, 0.29) is 17.9 Å². The van der Waals surface area contributed by atoms with Crippen LogP contribution in [0.1, 0.15) is 55.1 Å². The smallest absolute Gasteiger partial charge is 0.409 e. The van der Waals surface area contributed by atoms with Crippen molar-refractivity contribution in [2.45, 2.75) is 57.2 Å². The number of benzene rings is 2. The van der Waals surface area contributed by atoms with Gasteiger partial charge in [0.25, 0.3) is 0 Å². The Bertz CT molecular complexity index is 993. The van der Waals surface area contributed by atoms with Crippen LogP contribution in [0.4, 0.5) is 4.79 Å². The Morgan fingerprint density at radius 3 is 2.12 bits per heavy atom. The monoisotopic (exact) mass is 458 g/mol. The van der Waals surface area contributed by atoms with Gasteiger partial charge in [0.1, 0.15) is 11.8 Å². The summed E-state index contributed by atoms with van der Waals surface area (Å²) in [5.41, 5.74) is 0.456. The molecule has 1 unspecified atom stereocenters. The Morgan fingerprint density at radius 1 is 1.03 bits per heavy atom. The number of rotatable bonds is 7. The predicted octanol–water partition coefficient (Wildman–Crippen LogP) is 4.28. The van der Waals surface area contributed by atoms with Gasteiger partial charge in [-0.1, -0.05) is 35.9 Å². The molecular weight excluding hydrogens is 432 g/mol. The second-order valence-corrected chi connectivity index (χ2v) is 9.40. The molecule has 1 fully saturated rings. The normalized spacial score (nSPS) is 15.4. The minimum atomic E-state index is -1.02. The van der Waals surface area contributed by atoms with Crippen molar-refractivity contribution >= 4 is 29.6 Å². The lowest BCUT2D eigenvalue weighted by Gasteiger charge is -2.26. The van der Waals surface area contributed by atoms with Gasteiger partial charge in [-0.2, -0.15) is 0 Å². The number of hydrogen-bond donors (Lipinski definition) is 3. The van der Waals surface area contributed by atoms with Gasteiger partial charge in [0.2, 0.25) is 5.91 Å². The van der Waals surface area contributed by atoms with Gasteiger partial charge < -0.3 is 20.5 Å². The summed E-state index contributed by atoms with van der Waals surface area (Å²) in [5.74, 6) is -1.21. The maximum atomic E-state index is 13.2. The molecule has 2 amide bonds. The van der Waals surface area contributed by atoms with Crippen LogP contribution in [0, 0.1) is 0 Å². The summed E-state index contributed by atoms with van der Waals surface area (Å²) >= 11 is 5.98. The van der Waals surface area contributed by atoms with E-state index >= 15 is 0 Å². The molecule has 0 heterocycles. The maximum absolute atomic E-state index is 13.2. The minimum Gasteiger partial charge on any atom is -0.478 e. The third kappa shape index (κ3) is 6.01. The Kier molecular flexibility index (Phi) is 6.79. The second kappa shape index (κ2) is 9.20. The molecule has 1 aliphatic carbocycles. The molecule has 7 nitrogen and oxygen atoms in total. The van der Waals surface area contributed by atoms with Crippen molar-refractivity contribution in [3.05, 3.63) is 70.2 Å². The number of aromatic carboxylic acids is 1. The molecule has 8 heteroatoms. The number of nitrogens with one attached hydrogen (secondary N) is 2. The highest BCUT2D eigenvalue weighted by Crippen LogP contribution is 2.48. The maximum Gasteiger partial charge on any atom is 0.409 e. The zero-order valence-corrected chi connectivity index (χ0v) is 19.0. The number of alkyl carbamates (subject to hydrolysis) is 1. The van der Waals surface area contributed by atoms with E-state index in [0.717, 1.165) is 11.1 Å². The lowest BCUT2D eigenvalue weighted by Crippen LogP contribution is -2.53. The Balaban J connectivity index is 1.76. The third-order valence-corrected chi connectivity index (χ3v) is 5.47. The fourth-order valence-corrected chi connectivity index (χ4v) is 3.57. The van der Waals surface area contributed by atoms with Gasteiger partial charge in [0.15, 0.2) is 0 Å². The van der Waals surface area contributed by atoms with Gasteiger partial charge in [-0.25, -0.2) is 9.59 Å². The van der Waals surface area contributed by atoms with Crippen molar-refractivity contribution in [3.63, 3.8) is 0 Å². The van der Waals surface area contributed by atoms with Crippen molar-refractivity contribution < 1.29 is 24.2 Å². The van der Waals surface area contributed by atoms with E-state index in [1.54, 1.807) is 45.0 Å². The summed E-state index contributed by atoms with van der Waals surface area (Å²) in [6.07, 6.45) is 0.278.